The first-order chi connectivity index (χ1) is 11.8. The highest BCUT2D eigenvalue weighted by Gasteiger charge is 2.44. The average molecular weight is 346 g/mol. The van der Waals surface area contributed by atoms with Crippen molar-refractivity contribution in [3.05, 3.63) is 22.5 Å². The molecule has 136 valence electrons. The minimum absolute atomic E-state index is 0.0957. The second kappa shape index (κ2) is 6.32. The van der Waals surface area contributed by atoms with E-state index in [0.29, 0.717) is 16.8 Å². The number of carbonyl (C=O) groups excluding carboxylic acids is 3. The highest BCUT2D eigenvalue weighted by atomic mass is 16.5. The van der Waals surface area contributed by atoms with Gasteiger partial charge in [-0.1, -0.05) is 0 Å². The van der Waals surface area contributed by atoms with Gasteiger partial charge in [-0.3, -0.25) is 9.59 Å². The molecule has 6 nitrogen and oxygen atoms in total. The molecule has 3 rings (SSSR count). The maximum Gasteiger partial charge on any atom is 0.354 e. The molecule has 2 aliphatic rings. The van der Waals surface area contributed by atoms with Crippen LogP contribution < -0.4 is 0 Å². The van der Waals surface area contributed by atoms with Crippen LogP contribution in [0.25, 0.3) is 0 Å². The number of ketones is 1. The molecule has 0 unspecified atom stereocenters. The van der Waals surface area contributed by atoms with Crippen LogP contribution in [0, 0.1) is 19.8 Å². The summed E-state index contributed by atoms with van der Waals surface area (Å²) >= 11 is 0. The van der Waals surface area contributed by atoms with E-state index in [-0.39, 0.29) is 23.7 Å². The van der Waals surface area contributed by atoms with E-state index in [4.69, 9.17) is 4.74 Å². The molecule has 2 fully saturated rings. The quantitative estimate of drug-likeness (QED) is 0.586. The van der Waals surface area contributed by atoms with Crippen molar-refractivity contribution >= 4 is 17.7 Å². The third-order valence-corrected chi connectivity index (χ3v) is 5.47. The predicted octanol–water partition coefficient (Wildman–Crippen LogP) is 2.40. The van der Waals surface area contributed by atoms with Crippen LogP contribution in [0.15, 0.2) is 0 Å². The molecule has 1 atom stereocenters. The van der Waals surface area contributed by atoms with Crippen molar-refractivity contribution in [2.45, 2.75) is 58.5 Å². The van der Waals surface area contributed by atoms with E-state index in [9.17, 15) is 14.4 Å². The molecule has 1 amide bonds. The van der Waals surface area contributed by atoms with Crippen molar-refractivity contribution in [2.24, 2.45) is 13.0 Å². The maximum atomic E-state index is 13.2. The number of Topliss-reactive ketones (excluding diaryl/α,β-unsaturated/α-hetero) is 1. The first-order valence-electron chi connectivity index (χ1n) is 8.90. The molecule has 1 aromatic heterocycles. The minimum atomic E-state index is -0.508. The lowest BCUT2D eigenvalue weighted by Gasteiger charge is -2.29. The molecular weight excluding hydrogens is 320 g/mol. The van der Waals surface area contributed by atoms with Crippen LogP contribution in [0.5, 0.6) is 0 Å². The second-order valence-electron chi connectivity index (χ2n) is 7.28. The zero-order valence-corrected chi connectivity index (χ0v) is 15.6. The lowest BCUT2D eigenvalue weighted by atomic mass is 9.99. The number of aromatic nitrogens is 1. The van der Waals surface area contributed by atoms with Gasteiger partial charge >= 0.3 is 5.97 Å². The van der Waals surface area contributed by atoms with Crippen LogP contribution in [0.2, 0.25) is 0 Å². The van der Waals surface area contributed by atoms with Crippen molar-refractivity contribution in [2.75, 3.05) is 7.11 Å². The molecular formula is C19H26N2O4. The maximum absolute atomic E-state index is 13.2. The Morgan fingerprint density at radius 3 is 2.24 bits per heavy atom. The van der Waals surface area contributed by atoms with E-state index < -0.39 is 12.0 Å². The molecule has 1 aromatic rings. The molecule has 0 aliphatic heterocycles. The Labute approximate surface area is 148 Å². The molecule has 0 radical (unpaired) electrons. The fraction of sp³-hybridized carbons (Fsp3) is 0.632. The van der Waals surface area contributed by atoms with Crippen molar-refractivity contribution in [1.82, 2.24) is 9.47 Å². The van der Waals surface area contributed by atoms with Gasteiger partial charge in [0.2, 0.25) is 5.91 Å². The first kappa shape index (κ1) is 17.7. The normalized spacial score (nSPS) is 18.0. The summed E-state index contributed by atoms with van der Waals surface area (Å²) in [5.74, 6) is -0.341. The van der Waals surface area contributed by atoms with Crippen LogP contribution in [0.1, 0.15) is 64.7 Å². The van der Waals surface area contributed by atoms with Crippen LogP contribution in [0.3, 0.4) is 0 Å². The van der Waals surface area contributed by atoms with Gasteiger partial charge in [0, 0.05) is 30.3 Å². The van der Waals surface area contributed by atoms with Crippen molar-refractivity contribution in [1.29, 1.82) is 0 Å². The third kappa shape index (κ3) is 2.98. The topological polar surface area (TPSA) is 68.6 Å². The van der Waals surface area contributed by atoms with Crippen LogP contribution in [-0.2, 0) is 16.6 Å². The van der Waals surface area contributed by atoms with E-state index in [1.807, 2.05) is 13.8 Å². The van der Waals surface area contributed by atoms with E-state index in [1.165, 1.54) is 7.11 Å². The lowest BCUT2D eigenvalue weighted by molar-refractivity contribution is -0.134. The van der Waals surface area contributed by atoms with Gasteiger partial charge in [0.05, 0.1) is 13.2 Å². The number of amides is 1. The Morgan fingerprint density at radius 1 is 1.16 bits per heavy atom. The standard InChI is InChI=1S/C19H26N2O4/c1-10-15(11(2)20(4)16(10)19(24)25-5)17(22)12(3)21(14-8-9-14)18(23)13-6-7-13/h12-14H,6-9H2,1-5H3/t12-/m1/s1. The Kier molecular flexibility index (Phi) is 4.47. The van der Waals surface area contributed by atoms with E-state index in [0.717, 1.165) is 31.4 Å². The average Bonchev–Trinajstić information content (AvgIpc) is 3.46. The number of carbonyl (C=O) groups is 3. The number of rotatable bonds is 6. The minimum Gasteiger partial charge on any atom is -0.464 e. The Bertz CT molecular complexity index is 741. The van der Waals surface area contributed by atoms with Crippen LogP contribution >= 0.6 is 0 Å². The second-order valence-corrected chi connectivity index (χ2v) is 7.28. The lowest BCUT2D eigenvalue weighted by Crippen LogP contribution is -2.45. The summed E-state index contributed by atoms with van der Waals surface area (Å²) in [4.78, 5) is 39.7. The smallest absolute Gasteiger partial charge is 0.354 e. The van der Waals surface area contributed by atoms with Crippen LogP contribution in [-0.4, -0.2) is 46.3 Å². The van der Waals surface area contributed by atoms with Crippen molar-refractivity contribution < 1.29 is 19.1 Å². The van der Waals surface area contributed by atoms with Gasteiger partial charge in [0.1, 0.15) is 5.69 Å². The zero-order chi connectivity index (χ0) is 18.5. The molecule has 25 heavy (non-hydrogen) atoms. The number of ether oxygens (including phenoxy) is 1. The SMILES string of the molecule is COC(=O)c1c(C)c(C(=O)[C@@H](C)N(C(=O)C2CC2)C2CC2)c(C)n1C. The molecule has 2 saturated carbocycles. The predicted molar refractivity (Wildman–Crippen MR) is 92.6 cm³/mol. The molecule has 6 heteroatoms. The summed E-state index contributed by atoms with van der Waals surface area (Å²) in [6.07, 6.45) is 3.80. The number of hydrogen-bond donors (Lipinski definition) is 0. The van der Waals surface area contributed by atoms with E-state index >= 15 is 0 Å². The Morgan fingerprint density at radius 2 is 1.76 bits per heavy atom. The zero-order valence-electron chi connectivity index (χ0n) is 15.6. The summed E-state index contributed by atoms with van der Waals surface area (Å²) in [5, 5.41) is 0. The molecule has 0 N–H and O–H groups in total. The van der Waals surface area contributed by atoms with Gasteiger partial charge in [-0.2, -0.15) is 0 Å². The summed E-state index contributed by atoms with van der Waals surface area (Å²) in [5.41, 5.74) is 2.27. The molecule has 0 saturated heterocycles. The van der Waals surface area contributed by atoms with Gasteiger partial charge in [0.15, 0.2) is 5.78 Å². The summed E-state index contributed by atoms with van der Waals surface area (Å²) < 4.78 is 6.54. The van der Waals surface area contributed by atoms with Crippen LogP contribution in [0.4, 0.5) is 0 Å². The van der Waals surface area contributed by atoms with Gasteiger partial charge in [-0.25, -0.2) is 4.79 Å². The Balaban J connectivity index is 1.94. The molecule has 1 heterocycles. The number of nitrogens with zero attached hydrogens (tertiary/aromatic N) is 2. The largest absolute Gasteiger partial charge is 0.464 e. The summed E-state index contributed by atoms with van der Waals surface area (Å²) in [7, 11) is 3.08. The van der Waals surface area contributed by atoms with Crippen molar-refractivity contribution in [3.63, 3.8) is 0 Å². The molecule has 0 aromatic carbocycles. The van der Waals surface area contributed by atoms with Gasteiger partial charge in [0.25, 0.3) is 0 Å². The fourth-order valence-electron chi connectivity index (χ4n) is 3.64. The first-order valence-corrected chi connectivity index (χ1v) is 8.90. The highest BCUT2D eigenvalue weighted by molar-refractivity contribution is 6.06. The number of methoxy groups -OCH3 is 1. The monoisotopic (exact) mass is 346 g/mol. The number of esters is 1. The third-order valence-electron chi connectivity index (χ3n) is 5.47. The highest BCUT2D eigenvalue weighted by Crippen LogP contribution is 2.38. The van der Waals surface area contributed by atoms with E-state index in [1.54, 1.807) is 23.4 Å². The summed E-state index contributed by atoms with van der Waals surface area (Å²) in [6, 6.07) is -0.317. The number of hydrogen-bond acceptors (Lipinski definition) is 4. The molecule has 0 bridgehead atoms. The molecule has 0 spiro atoms. The van der Waals surface area contributed by atoms with Gasteiger partial charge < -0.3 is 14.2 Å². The van der Waals surface area contributed by atoms with Crippen molar-refractivity contribution in [3.8, 4) is 0 Å². The van der Waals surface area contributed by atoms with E-state index in [2.05, 4.69) is 0 Å². The Hall–Kier alpha value is -2.11. The fourth-order valence-corrected chi connectivity index (χ4v) is 3.64. The van der Waals surface area contributed by atoms with Gasteiger partial charge in [-0.05, 0) is 52.0 Å². The van der Waals surface area contributed by atoms with Gasteiger partial charge in [-0.15, -0.1) is 0 Å². The molecule has 2 aliphatic carbocycles. The summed E-state index contributed by atoms with van der Waals surface area (Å²) in [6.45, 7) is 5.40.